The molecular formula is C28H31Cl2N5O3S2. The first-order valence-electron chi connectivity index (χ1n) is 12.7. The Morgan fingerprint density at radius 1 is 1.02 bits per heavy atom. The van der Waals surface area contributed by atoms with Gasteiger partial charge in [0.1, 0.15) is 0 Å². The Hall–Kier alpha value is -2.89. The van der Waals surface area contributed by atoms with Crippen LogP contribution in [0.3, 0.4) is 0 Å². The molecule has 5 rings (SSSR count). The molecule has 1 amide bonds. The van der Waals surface area contributed by atoms with Gasteiger partial charge in [-0.2, -0.15) is 0 Å². The zero-order valence-corrected chi connectivity index (χ0v) is 25.4. The number of para-hydroxylation sites is 1. The topological polar surface area (TPSA) is 85.8 Å². The molecule has 0 spiro atoms. The zero-order valence-electron chi connectivity index (χ0n) is 22.2. The quantitative estimate of drug-likeness (QED) is 0.297. The van der Waals surface area contributed by atoms with Gasteiger partial charge >= 0.3 is 0 Å². The largest absolute Gasteiger partial charge is 0.351 e. The number of sulfonamides is 1. The third-order valence-electron chi connectivity index (χ3n) is 6.94. The lowest BCUT2D eigenvalue weighted by Crippen LogP contribution is -2.48. The number of hydrogen-bond acceptors (Lipinski definition) is 7. The summed E-state index contributed by atoms with van der Waals surface area (Å²) >= 11 is 8.01. The van der Waals surface area contributed by atoms with E-state index in [1.165, 1.54) is 23.5 Å². The van der Waals surface area contributed by atoms with E-state index in [0.29, 0.717) is 17.8 Å². The second-order valence-corrected chi connectivity index (χ2v) is 12.8. The standard InChI is InChI=1S/C28H30ClN5O3S2.ClH/c1-20-8-13-24(29)26-25(20)31-28(38-26)34-18-16-33(17-19-34)15-14-30-27(35)21-9-11-23(12-10-21)39(36,37)32(2)22-6-4-3-5-7-22;/h3-13H,14-19H2,1-2H3,(H,30,35);1H. The second kappa shape index (κ2) is 12.7. The van der Waals surface area contributed by atoms with Crippen molar-refractivity contribution in [2.24, 2.45) is 0 Å². The van der Waals surface area contributed by atoms with Gasteiger partial charge in [-0.05, 0) is 55.0 Å². The minimum absolute atomic E-state index is 0. The third-order valence-corrected chi connectivity index (χ3v) is 10.3. The summed E-state index contributed by atoms with van der Waals surface area (Å²) < 4.78 is 28.2. The Labute approximate surface area is 250 Å². The van der Waals surface area contributed by atoms with Crippen molar-refractivity contribution in [1.82, 2.24) is 15.2 Å². The SMILES string of the molecule is Cc1ccc(Cl)c2sc(N3CCN(CCNC(=O)c4ccc(S(=O)(=O)N(C)c5ccccc5)cc4)CC3)nc12.Cl. The van der Waals surface area contributed by atoms with E-state index < -0.39 is 10.0 Å². The Bertz CT molecular complexity index is 1530. The van der Waals surface area contributed by atoms with Crippen LogP contribution >= 0.6 is 35.3 Å². The molecule has 0 aliphatic carbocycles. The lowest BCUT2D eigenvalue weighted by atomic mass is 10.2. The maximum absolute atomic E-state index is 13.0. The predicted molar refractivity (Wildman–Crippen MR) is 166 cm³/mol. The summed E-state index contributed by atoms with van der Waals surface area (Å²) in [5, 5.41) is 4.68. The van der Waals surface area contributed by atoms with E-state index in [-0.39, 0.29) is 23.2 Å². The molecule has 0 atom stereocenters. The number of benzene rings is 3. The van der Waals surface area contributed by atoms with E-state index in [0.717, 1.165) is 58.7 Å². The molecular weight excluding hydrogens is 589 g/mol. The second-order valence-electron chi connectivity index (χ2n) is 9.46. The molecule has 1 saturated heterocycles. The molecule has 12 heteroatoms. The highest BCUT2D eigenvalue weighted by molar-refractivity contribution is 7.92. The summed E-state index contributed by atoms with van der Waals surface area (Å²) in [5.74, 6) is -0.226. The number of thiazole rings is 1. The van der Waals surface area contributed by atoms with Crippen molar-refractivity contribution < 1.29 is 13.2 Å². The highest BCUT2D eigenvalue weighted by atomic mass is 35.5. The van der Waals surface area contributed by atoms with Crippen LogP contribution in [0, 0.1) is 6.92 Å². The van der Waals surface area contributed by atoms with Crippen molar-refractivity contribution in [1.29, 1.82) is 0 Å². The van der Waals surface area contributed by atoms with Crippen molar-refractivity contribution in [2.45, 2.75) is 11.8 Å². The maximum Gasteiger partial charge on any atom is 0.264 e. The first-order chi connectivity index (χ1) is 18.7. The van der Waals surface area contributed by atoms with E-state index in [1.54, 1.807) is 47.7 Å². The first-order valence-corrected chi connectivity index (χ1v) is 15.3. The number of rotatable bonds is 8. The van der Waals surface area contributed by atoms with Crippen LogP contribution in [0.15, 0.2) is 71.6 Å². The van der Waals surface area contributed by atoms with Gasteiger partial charge in [0.2, 0.25) is 0 Å². The summed E-state index contributed by atoms with van der Waals surface area (Å²) in [5.41, 5.74) is 3.09. The van der Waals surface area contributed by atoms with Crippen molar-refractivity contribution in [2.75, 3.05) is 55.5 Å². The van der Waals surface area contributed by atoms with Gasteiger partial charge in [-0.15, -0.1) is 12.4 Å². The Morgan fingerprint density at radius 2 is 1.70 bits per heavy atom. The average Bonchev–Trinajstić information content (AvgIpc) is 3.42. The molecule has 0 bridgehead atoms. The van der Waals surface area contributed by atoms with Crippen LogP contribution in [0.1, 0.15) is 15.9 Å². The predicted octanol–water partition coefficient (Wildman–Crippen LogP) is 5.06. The molecule has 1 fully saturated rings. The monoisotopic (exact) mass is 619 g/mol. The molecule has 4 aromatic rings. The van der Waals surface area contributed by atoms with Crippen molar-refractivity contribution in [3.8, 4) is 0 Å². The minimum Gasteiger partial charge on any atom is -0.351 e. The number of amides is 1. The normalized spacial score (nSPS) is 14.1. The van der Waals surface area contributed by atoms with Crippen LogP contribution in [0.25, 0.3) is 10.2 Å². The van der Waals surface area contributed by atoms with Crippen LogP contribution < -0.4 is 14.5 Å². The van der Waals surface area contributed by atoms with Gasteiger partial charge in [-0.3, -0.25) is 14.0 Å². The van der Waals surface area contributed by atoms with Gasteiger partial charge in [0.05, 0.1) is 25.8 Å². The number of fused-ring (bicyclic) bond motifs is 1. The molecule has 212 valence electrons. The van der Waals surface area contributed by atoms with Gasteiger partial charge in [-0.25, -0.2) is 13.4 Å². The molecule has 1 N–H and O–H groups in total. The molecule has 0 radical (unpaired) electrons. The van der Waals surface area contributed by atoms with E-state index in [4.69, 9.17) is 16.6 Å². The fourth-order valence-corrected chi connectivity index (χ4v) is 7.10. The summed E-state index contributed by atoms with van der Waals surface area (Å²) in [6, 6.07) is 18.8. The molecule has 1 aliphatic heterocycles. The van der Waals surface area contributed by atoms with Crippen molar-refractivity contribution in [3.63, 3.8) is 0 Å². The maximum atomic E-state index is 13.0. The van der Waals surface area contributed by atoms with Crippen LogP contribution in [-0.4, -0.2) is 70.5 Å². The zero-order chi connectivity index (χ0) is 27.6. The highest BCUT2D eigenvalue weighted by Crippen LogP contribution is 2.35. The molecule has 0 unspecified atom stereocenters. The lowest BCUT2D eigenvalue weighted by Gasteiger charge is -2.34. The minimum atomic E-state index is -3.72. The number of aryl methyl sites for hydroxylation is 1. The molecule has 40 heavy (non-hydrogen) atoms. The van der Waals surface area contributed by atoms with Gasteiger partial charge < -0.3 is 10.2 Å². The van der Waals surface area contributed by atoms with E-state index in [2.05, 4.69) is 22.0 Å². The van der Waals surface area contributed by atoms with Gasteiger partial charge in [0.25, 0.3) is 15.9 Å². The van der Waals surface area contributed by atoms with E-state index in [9.17, 15) is 13.2 Å². The summed E-state index contributed by atoms with van der Waals surface area (Å²) in [7, 11) is -2.21. The third kappa shape index (κ3) is 6.37. The summed E-state index contributed by atoms with van der Waals surface area (Å²) in [4.78, 5) is 22.2. The van der Waals surface area contributed by atoms with Crippen molar-refractivity contribution >= 4 is 72.3 Å². The lowest BCUT2D eigenvalue weighted by molar-refractivity contribution is 0.0947. The Balaban J connectivity index is 0.00000370. The number of piperazine rings is 1. The van der Waals surface area contributed by atoms with E-state index in [1.807, 2.05) is 18.2 Å². The van der Waals surface area contributed by atoms with Crippen molar-refractivity contribution in [3.05, 3.63) is 82.9 Å². The number of carbonyl (C=O) groups is 1. The summed E-state index contributed by atoms with van der Waals surface area (Å²) in [6.07, 6.45) is 0. The van der Waals surface area contributed by atoms with E-state index >= 15 is 0 Å². The number of halogens is 2. The Morgan fingerprint density at radius 3 is 2.35 bits per heavy atom. The molecule has 1 aromatic heterocycles. The van der Waals surface area contributed by atoms with Crippen LogP contribution in [0.2, 0.25) is 5.02 Å². The average molecular weight is 621 g/mol. The number of nitrogens with zero attached hydrogens (tertiary/aromatic N) is 4. The molecule has 1 aliphatic rings. The van der Waals surface area contributed by atoms with Crippen LogP contribution in [0.4, 0.5) is 10.8 Å². The summed E-state index contributed by atoms with van der Waals surface area (Å²) in [6.45, 7) is 6.76. The fourth-order valence-electron chi connectivity index (χ4n) is 4.53. The smallest absolute Gasteiger partial charge is 0.264 e. The molecule has 2 heterocycles. The van der Waals surface area contributed by atoms with Gasteiger partial charge in [0, 0.05) is 51.9 Å². The van der Waals surface area contributed by atoms with Crippen LogP contribution in [0.5, 0.6) is 0 Å². The number of hydrogen-bond donors (Lipinski definition) is 1. The number of carbonyl (C=O) groups excluding carboxylic acids is 1. The number of aromatic nitrogens is 1. The Kier molecular flexibility index (Phi) is 9.58. The molecule has 3 aromatic carbocycles. The molecule has 0 saturated carbocycles. The fraction of sp³-hybridized carbons (Fsp3) is 0.286. The molecule has 8 nitrogen and oxygen atoms in total. The van der Waals surface area contributed by atoms with Gasteiger partial charge in [0.15, 0.2) is 5.13 Å². The first kappa shape index (κ1) is 30.1. The number of anilines is 2. The van der Waals surface area contributed by atoms with Gasteiger partial charge in [-0.1, -0.05) is 47.2 Å². The number of nitrogens with one attached hydrogen (secondary N) is 1. The highest BCUT2D eigenvalue weighted by Gasteiger charge is 2.23. The van der Waals surface area contributed by atoms with Crippen LogP contribution in [-0.2, 0) is 10.0 Å².